The van der Waals surface area contributed by atoms with Crippen molar-refractivity contribution in [3.8, 4) is 0 Å². The Bertz CT molecular complexity index is 178. The number of hydrogen-bond acceptors (Lipinski definition) is 3. The summed E-state index contributed by atoms with van der Waals surface area (Å²) in [5, 5.41) is 12.7. The van der Waals surface area contributed by atoms with Crippen molar-refractivity contribution < 1.29 is 9.90 Å². The van der Waals surface area contributed by atoms with E-state index in [-0.39, 0.29) is 5.92 Å². The largest absolute Gasteiger partial charge is 0.389 e. The number of hydrogen-bond donors (Lipinski definition) is 3. The van der Waals surface area contributed by atoms with Crippen LogP contribution in [0.15, 0.2) is 0 Å². The van der Waals surface area contributed by atoms with E-state index in [1.54, 1.807) is 13.8 Å². The van der Waals surface area contributed by atoms with Crippen molar-refractivity contribution in [2.75, 3.05) is 6.54 Å². The van der Waals surface area contributed by atoms with Crippen LogP contribution in [0.4, 0.5) is 0 Å². The summed E-state index contributed by atoms with van der Waals surface area (Å²) in [5.41, 5.74) is 4.26. The minimum Gasteiger partial charge on any atom is -0.389 e. The standard InChI is InChI=1S/C9H20N2O2/c1-6(2)9(4,13)5-11-7(3)8(10)12/h6-7,11,13H,5H2,1-4H3,(H2,10,12). The number of nitrogens with two attached hydrogens (primary N) is 1. The van der Waals surface area contributed by atoms with Gasteiger partial charge in [-0.2, -0.15) is 0 Å². The van der Waals surface area contributed by atoms with E-state index in [1.807, 2.05) is 13.8 Å². The maximum absolute atomic E-state index is 10.7. The smallest absolute Gasteiger partial charge is 0.234 e. The third-order valence-corrected chi connectivity index (χ3v) is 2.44. The number of aliphatic hydroxyl groups is 1. The average Bonchev–Trinajstić information content (AvgIpc) is 1.99. The summed E-state index contributed by atoms with van der Waals surface area (Å²) < 4.78 is 0. The van der Waals surface area contributed by atoms with E-state index in [4.69, 9.17) is 5.73 Å². The number of carbonyl (C=O) groups is 1. The molecule has 0 fully saturated rings. The molecule has 1 amide bonds. The van der Waals surface area contributed by atoms with Gasteiger partial charge in [0.15, 0.2) is 0 Å². The summed E-state index contributed by atoms with van der Waals surface area (Å²) in [4.78, 5) is 10.7. The molecule has 2 atom stereocenters. The van der Waals surface area contributed by atoms with E-state index in [1.165, 1.54) is 0 Å². The molecule has 0 saturated heterocycles. The maximum atomic E-state index is 10.7. The molecule has 4 nitrogen and oxygen atoms in total. The molecule has 13 heavy (non-hydrogen) atoms. The van der Waals surface area contributed by atoms with Crippen LogP contribution < -0.4 is 11.1 Å². The van der Waals surface area contributed by atoms with Gasteiger partial charge in [0, 0.05) is 6.54 Å². The number of primary amides is 1. The van der Waals surface area contributed by atoms with E-state index < -0.39 is 17.6 Å². The molecule has 0 radical (unpaired) electrons. The van der Waals surface area contributed by atoms with Crippen molar-refractivity contribution in [3.63, 3.8) is 0 Å². The van der Waals surface area contributed by atoms with E-state index >= 15 is 0 Å². The highest BCUT2D eigenvalue weighted by Gasteiger charge is 2.25. The van der Waals surface area contributed by atoms with Gasteiger partial charge >= 0.3 is 0 Å². The van der Waals surface area contributed by atoms with Crippen LogP contribution in [-0.4, -0.2) is 29.2 Å². The Balaban J connectivity index is 3.95. The third-order valence-electron chi connectivity index (χ3n) is 2.44. The zero-order valence-electron chi connectivity index (χ0n) is 8.79. The SMILES string of the molecule is CC(NCC(C)(O)C(C)C)C(N)=O. The lowest BCUT2D eigenvalue weighted by atomic mass is 9.92. The Labute approximate surface area is 79.5 Å². The van der Waals surface area contributed by atoms with Crippen molar-refractivity contribution in [1.82, 2.24) is 5.32 Å². The van der Waals surface area contributed by atoms with Crippen molar-refractivity contribution in [3.05, 3.63) is 0 Å². The van der Waals surface area contributed by atoms with Gasteiger partial charge in [0.25, 0.3) is 0 Å². The number of rotatable bonds is 5. The second-order valence-electron chi connectivity index (χ2n) is 4.02. The molecule has 0 saturated carbocycles. The number of nitrogens with one attached hydrogen (secondary N) is 1. The summed E-state index contributed by atoms with van der Waals surface area (Å²) in [6, 6.07) is -0.398. The van der Waals surface area contributed by atoms with Crippen LogP contribution in [0, 0.1) is 5.92 Å². The predicted octanol–water partition coefficient (Wildman–Crippen LogP) is -0.143. The molecule has 0 aliphatic rings. The quantitative estimate of drug-likeness (QED) is 0.562. The number of carbonyl (C=O) groups excluding carboxylic acids is 1. The molecule has 0 aromatic carbocycles. The van der Waals surface area contributed by atoms with E-state index in [9.17, 15) is 9.90 Å². The highest BCUT2D eigenvalue weighted by atomic mass is 16.3. The Morgan fingerprint density at radius 1 is 1.54 bits per heavy atom. The fourth-order valence-electron chi connectivity index (χ4n) is 0.664. The normalized spacial score (nSPS) is 18.3. The van der Waals surface area contributed by atoms with Gasteiger partial charge < -0.3 is 16.2 Å². The monoisotopic (exact) mass is 188 g/mol. The van der Waals surface area contributed by atoms with Crippen molar-refractivity contribution in [2.24, 2.45) is 11.7 Å². The van der Waals surface area contributed by atoms with E-state index in [0.717, 1.165) is 0 Å². The third kappa shape index (κ3) is 4.24. The lowest BCUT2D eigenvalue weighted by molar-refractivity contribution is -0.119. The topological polar surface area (TPSA) is 75.3 Å². The second kappa shape index (κ2) is 4.58. The molecule has 4 N–H and O–H groups in total. The minimum absolute atomic E-state index is 0.139. The zero-order chi connectivity index (χ0) is 10.6. The molecular formula is C9H20N2O2. The highest BCUT2D eigenvalue weighted by molar-refractivity contribution is 5.79. The van der Waals surface area contributed by atoms with Crippen LogP contribution in [-0.2, 0) is 4.79 Å². The van der Waals surface area contributed by atoms with Gasteiger partial charge in [-0.05, 0) is 19.8 Å². The Morgan fingerprint density at radius 2 is 2.00 bits per heavy atom. The molecule has 0 spiro atoms. The van der Waals surface area contributed by atoms with Crippen molar-refractivity contribution in [1.29, 1.82) is 0 Å². The van der Waals surface area contributed by atoms with Gasteiger partial charge in [-0.15, -0.1) is 0 Å². The Morgan fingerprint density at radius 3 is 2.31 bits per heavy atom. The van der Waals surface area contributed by atoms with Crippen LogP contribution in [0.5, 0.6) is 0 Å². The molecule has 0 aliphatic heterocycles. The van der Waals surface area contributed by atoms with Crippen LogP contribution >= 0.6 is 0 Å². The molecule has 2 unspecified atom stereocenters. The van der Waals surface area contributed by atoms with Gasteiger partial charge in [0.1, 0.15) is 0 Å². The van der Waals surface area contributed by atoms with Gasteiger partial charge in [0.05, 0.1) is 11.6 Å². The molecule has 0 aromatic heterocycles. The predicted molar refractivity (Wildman–Crippen MR) is 52.1 cm³/mol. The lowest BCUT2D eigenvalue weighted by Gasteiger charge is -2.29. The molecule has 0 aromatic rings. The lowest BCUT2D eigenvalue weighted by Crippen LogP contribution is -2.48. The van der Waals surface area contributed by atoms with Crippen LogP contribution in [0.1, 0.15) is 27.7 Å². The van der Waals surface area contributed by atoms with Crippen LogP contribution in [0.2, 0.25) is 0 Å². The summed E-state index contributed by atoms with van der Waals surface area (Å²) in [6.45, 7) is 7.64. The fourth-order valence-corrected chi connectivity index (χ4v) is 0.664. The first-order valence-electron chi connectivity index (χ1n) is 4.52. The molecule has 0 bridgehead atoms. The Hall–Kier alpha value is -0.610. The fraction of sp³-hybridized carbons (Fsp3) is 0.889. The summed E-state index contributed by atoms with van der Waals surface area (Å²) in [6.07, 6.45) is 0. The second-order valence-corrected chi connectivity index (χ2v) is 4.02. The Kier molecular flexibility index (Phi) is 4.36. The first kappa shape index (κ1) is 12.4. The van der Waals surface area contributed by atoms with E-state index in [0.29, 0.717) is 6.54 Å². The first-order chi connectivity index (χ1) is 5.77. The summed E-state index contributed by atoms with van der Waals surface area (Å²) in [7, 11) is 0. The van der Waals surface area contributed by atoms with Gasteiger partial charge in [-0.25, -0.2) is 0 Å². The summed E-state index contributed by atoms with van der Waals surface area (Å²) >= 11 is 0. The molecule has 0 heterocycles. The van der Waals surface area contributed by atoms with Gasteiger partial charge in [-0.1, -0.05) is 13.8 Å². The number of amides is 1. The average molecular weight is 188 g/mol. The molecule has 0 rings (SSSR count). The zero-order valence-corrected chi connectivity index (χ0v) is 8.79. The highest BCUT2D eigenvalue weighted by Crippen LogP contribution is 2.14. The van der Waals surface area contributed by atoms with Crippen molar-refractivity contribution in [2.45, 2.75) is 39.3 Å². The molecule has 4 heteroatoms. The van der Waals surface area contributed by atoms with Gasteiger partial charge in [-0.3, -0.25) is 4.79 Å². The first-order valence-corrected chi connectivity index (χ1v) is 4.52. The maximum Gasteiger partial charge on any atom is 0.234 e. The van der Waals surface area contributed by atoms with Crippen LogP contribution in [0.3, 0.4) is 0 Å². The van der Waals surface area contributed by atoms with Crippen LogP contribution in [0.25, 0.3) is 0 Å². The van der Waals surface area contributed by atoms with Crippen molar-refractivity contribution >= 4 is 5.91 Å². The van der Waals surface area contributed by atoms with E-state index in [2.05, 4.69) is 5.32 Å². The molecule has 78 valence electrons. The van der Waals surface area contributed by atoms with Gasteiger partial charge in [0.2, 0.25) is 5.91 Å². The summed E-state index contributed by atoms with van der Waals surface area (Å²) in [5.74, 6) is -0.264. The molecule has 0 aliphatic carbocycles. The minimum atomic E-state index is -0.802. The molecular weight excluding hydrogens is 168 g/mol.